The Labute approximate surface area is 193 Å². The van der Waals surface area contributed by atoms with Gasteiger partial charge < -0.3 is 5.32 Å². The number of hydrogen-bond acceptors (Lipinski definition) is 5. The van der Waals surface area contributed by atoms with Crippen LogP contribution in [0.5, 0.6) is 0 Å². The Kier molecular flexibility index (Phi) is 6.87. The zero-order valence-electron chi connectivity index (χ0n) is 18.1. The van der Waals surface area contributed by atoms with Crippen LogP contribution in [0.15, 0.2) is 71.9 Å². The number of nitrogens with one attached hydrogen (secondary N) is 1. The molecule has 0 radical (unpaired) electrons. The summed E-state index contributed by atoms with van der Waals surface area (Å²) in [6, 6.07) is 17.7. The molecule has 1 N–H and O–H groups in total. The summed E-state index contributed by atoms with van der Waals surface area (Å²) in [5.41, 5.74) is 2.43. The zero-order chi connectivity index (χ0) is 23.3. The van der Waals surface area contributed by atoms with E-state index in [0.29, 0.717) is 44.5 Å². The fourth-order valence-corrected chi connectivity index (χ4v) is 5.36. The lowest BCUT2D eigenvalue weighted by molar-refractivity contribution is -0.126. The lowest BCUT2D eigenvalue weighted by Crippen LogP contribution is -2.43. The molecule has 2 heterocycles. The van der Waals surface area contributed by atoms with Crippen molar-refractivity contribution >= 4 is 15.9 Å². The topological polar surface area (TPSA) is 108 Å². The molecule has 2 aromatic carbocycles. The highest BCUT2D eigenvalue weighted by molar-refractivity contribution is 7.89. The Morgan fingerprint density at radius 2 is 1.79 bits per heavy atom. The van der Waals surface area contributed by atoms with E-state index in [0.717, 1.165) is 11.3 Å². The lowest BCUT2D eigenvalue weighted by atomic mass is 9.97. The van der Waals surface area contributed by atoms with Gasteiger partial charge in [0.25, 0.3) is 0 Å². The second-order valence-electron chi connectivity index (χ2n) is 7.98. The second kappa shape index (κ2) is 9.98. The van der Waals surface area contributed by atoms with Crippen molar-refractivity contribution in [3.8, 4) is 11.8 Å². The number of benzene rings is 2. The largest absolute Gasteiger partial charge is 0.356 e. The quantitative estimate of drug-likeness (QED) is 0.579. The van der Waals surface area contributed by atoms with E-state index in [2.05, 4.69) is 10.4 Å². The number of hydrogen-bond donors (Lipinski definition) is 1. The van der Waals surface area contributed by atoms with Crippen LogP contribution >= 0.6 is 0 Å². The van der Waals surface area contributed by atoms with Gasteiger partial charge >= 0.3 is 0 Å². The third kappa shape index (κ3) is 5.30. The minimum absolute atomic E-state index is 0.0409. The van der Waals surface area contributed by atoms with Crippen LogP contribution in [0.3, 0.4) is 0 Å². The summed E-state index contributed by atoms with van der Waals surface area (Å²) in [6.07, 6.45) is 5.38. The van der Waals surface area contributed by atoms with E-state index >= 15 is 0 Å². The monoisotopic (exact) mass is 463 g/mol. The molecule has 0 saturated carbocycles. The maximum Gasteiger partial charge on any atom is 0.243 e. The van der Waals surface area contributed by atoms with E-state index < -0.39 is 10.0 Å². The van der Waals surface area contributed by atoms with Crippen LogP contribution in [0.4, 0.5) is 0 Å². The van der Waals surface area contributed by atoms with Crippen molar-refractivity contribution in [2.75, 3.05) is 19.6 Å². The molecule has 9 heteroatoms. The lowest BCUT2D eigenvalue weighted by Gasteiger charge is -2.30. The number of carbonyl (C=O) groups excluding carboxylic acids is 1. The summed E-state index contributed by atoms with van der Waals surface area (Å²) in [5, 5.41) is 16.2. The number of para-hydroxylation sites is 1. The highest BCUT2D eigenvalue weighted by Crippen LogP contribution is 2.24. The average molecular weight is 464 g/mol. The third-order valence-corrected chi connectivity index (χ3v) is 7.73. The van der Waals surface area contributed by atoms with Crippen molar-refractivity contribution in [2.45, 2.75) is 24.2 Å². The summed E-state index contributed by atoms with van der Waals surface area (Å²) >= 11 is 0. The van der Waals surface area contributed by atoms with Crippen LogP contribution in [0, 0.1) is 17.2 Å². The first-order valence-electron chi connectivity index (χ1n) is 10.8. The van der Waals surface area contributed by atoms with E-state index in [1.165, 1.54) is 28.6 Å². The summed E-state index contributed by atoms with van der Waals surface area (Å²) in [5.74, 6) is -0.245. The fourth-order valence-electron chi connectivity index (χ4n) is 3.89. The van der Waals surface area contributed by atoms with Gasteiger partial charge in [0, 0.05) is 31.7 Å². The maximum absolute atomic E-state index is 12.8. The van der Waals surface area contributed by atoms with Gasteiger partial charge in [-0.2, -0.15) is 14.7 Å². The first-order chi connectivity index (χ1) is 16.0. The van der Waals surface area contributed by atoms with Gasteiger partial charge in [-0.15, -0.1) is 0 Å². The molecule has 1 amide bonds. The fraction of sp³-hybridized carbons (Fsp3) is 0.292. The van der Waals surface area contributed by atoms with Crippen molar-refractivity contribution in [2.24, 2.45) is 5.92 Å². The molecule has 33 heavy (non-hydrogen) atoms. The van der Waals surface area contributed by atoms with E-state index in [1.807, 2.05) is 42.6 Å². The standard InChI is InChI=1S/C24H25N5O3S/c25-16-19-6-8-23(9-7-19)33(31,32)28-14-11-21(12-15-28)24(30)26-13-10-20-17-27-29(18-20)22-4-2-1-3-5-22/h1-9,17-18,21H,10-15H2,(H,26,30). The number of aromatic nitrogens is 2. The Hall–Kier alpha value is -3.48. The number of sulfonamides is 1. The molecule has 1 aliphatic heterocycles. The predicted octanol–water partition coefficient (Wildman–Crippen LogP) is 2.50. The Bertz CT molecular complexity index is 1240. The van der Waals surface area contributed by atoms with E-state index in [-0.39, 0.29) is 16.7 Å². The predicted molar refractivity (Wildman–Crippen MR) is 123 cm³/mol. The average Bonchev–Trinajstić information content (AvgIpc) is 3.33. The van der Waals surface area contributed by atoms with Crippen molar-refractivity contribution < 1.29 is 13.2 Å². The molecule has 4 rings (SSSR count). The van der Waals surface area contributed by atoms with E-state index in [4.69, 9.17) is 5.26 Å². The molecule has 1 saturated heterocycles. The summed E-state index contributed by atoms with van der Waals surface area (Å²) in [6.45, 7) is 1.09. The summed E-state index contributed by atoms with van der Waals surface area (Å²) in [7, 11) is -3.63. The number of rotatable bonds is 7. The Morgan fingerprint density at radius 3 is 2.45 bits per heavy atom. The maximum atomic E-state index is 12.8. The number of carbonyl (C=O) groups is 1. The van der Waals surface area contributed by atoms with Crippen molar-refractivity contribution in [3.05, 3.63) is 78.1 Å². The molecule has 8 nitrogen and oxygen atoms in total. The number of nitrogens with zero attached hydrogens (tertiary/aromatic N) is 4. The van der Waals surface area contributed by atoms with Gasteiger partial charge in [-0.05, 0) is 61.2 Å². The minimum atomic E-state index is -3.63. The van der Waals surface area contributed by atoms with Gasteiger partial charge in [0.2, 0.25) is 15.9 Å². The third-order valence-electron chi connectivity index (χ3n) is 5.82. The number of nitriles is 1. The molecule has 0 aliphatic carbocycles. The Morgan fingerprint density at radius 1 is 1.09 bits per heavy atom. The van der Waals surface area contributed by atoms with Gasteiger partial charge in [-0.3, -0.25) is 4.79 Å². The van der Waals surface area contributed by atoms with Crippen LogP contribution in [0.25, 0.3) is 5.69 Å². The highest BCUT2D eigenvalue weighted by Gasteiger charge is 2.32. The molecule has 0 bridgehead atoms. The smallest absolute Gasteiger partial charge is 0.243 e. The van der Waals surface area contributed by atoms with Crippen LogP contribution in [0.2, 0.25) is 0 Å². The molecule has 170 valence electrons. The summed E-state index contributed by atoms with van der Waals surface area (Å²) < 4.78 is 28.9. The Balaban J connectivity index is 1.25. The van der Waals surface area contributed by atoms with Crippen LogP contribution in [-0.2, 0) is 21.2 Å². The molecule has 0 atom stereocenters. The van der Waals surface area contributed by atoms with Crippen LogP contribution in [0.1, 0.15) is 24.0 Å². The zero-order valence-corrected chi connectivity index (χ0v) is 18.9. The highest BCUT2D eigenvalue weighted by atomic mass is 32.2. The van der Waals surface area contributed by atoms with Gasteiger partial charge in [-0.25, -0.2) is 13.1 Å². The molecular formula is C24H25N5O3S. The SMILES string of the molecule is N#Cc1ccc(S(=O)(=O)N2CCC(C(=O)NCCc3cnn(-c4ccccc4)c3)CC2)cc1. The van der Waals surface area contributed by atoms with Crippen molar-refractivity contribution in [3.63, 3.8) is 0 Å². The molecule has 3 aromatic rings. The van der Waals surface area contributed by atoms with Crippen molar-refractivity contribution in [1.29, 1.82) is 5.26 Å². The number of amides is 1. The van der Waals surface area contributed by atoms with Gasteiger partial charge in [0.1, 0.15) is 0 Å². The first-order valence-corrected chi connectivity index (χ1v) is 12.3. The van der Waals surface area contributed by atoms with Gasteiger partial charge in [0.05, 0.1) is 28.4 Å². The van der Waals surface area contributed by atoms with Crippen LogP contribution < -0.4 is 5.32 Å². The molecule has 0 unspecified atom stereocenters. The number of piperidine rings is 1. The van der Waals surface area contributed by atoms with Crippen LogP contribution in [-0.4, -0.2) is 48.0 Å². The van der Waals surface area contributed by atoms with E-state index in [1.54, 1.807) is 10.9 Å². The first kappa shape index (κ1) is 22.7. The minimum Gasteiger partial charge on any atom is -0.356 e. The van der Waals surface area contributed by atoms with E-state index in [9.17, 15) is 13.2 Å². The second-order valence-corrected chi connectivity index (χ2v) is 9.92. The molecule has 1 aliphatic rings. The molecular weight excluding hydrogens is 438 g/mol. The van der Waals surface area contributed by atoms with Crippen molar-refractivity contribution in [1.82, 2.24) is 19.4 Å². The molecule has 0 spiro atoms. The van der Waals surface area contributed by atoms with Gasteiger partial charge in [-0.1, -0.05) is 18.2 Å². The summed E-state index contributed by atoms with van der Waals surface area (Å²) in [4.78, 5) is 12.7. The van der Waals surface area contributed by atoms with Gasteiger partial charge in [0.15, 0.2) is 0 Å². The molecule has 1 fully saturated rings. The molecule has 1 aromatic heterocycles. The normalized spacial score (nSPS) is 15.1.